The minimum absolute atomic E-state index is 0.224. The highest BCUT2D eigenvalue weighted by atomic mass is 19.4. The topological polar surface area (TPSA) is 97.6 Å². The van der Waals surface area contributed by atoms with Crippen molar-refractivity contribution in [1.29, 1.82) is 0 Å². The third kappa shape index (κ3) is 5.28. The Morgan fingerprint density at radius 1 is 1.20 bits per heavy atom. The van der Waals surface area contributed by atoms with E-state index in [1.165, 1.54) is 29.2 Å². The molecule has 1 aromatic carbocycles. The van der Waals surface area contributed by atoms with Crippen LogP contribution in [0.2, 0.25) is 0 Å². The number of carbonyl (C=O) groups is 2. The van der Waals surface area contributed by atoms with Crippen molar-refractivity contribution in [2.75, 3.05) is 13.1 Å². The lowest BCUT2D eigenvalue weighted by Crippen LogP contribution is -2.40. The third-order valence-electron chi connectivity index (χ3n) is 4.25. The summed E-state index contributed by atoms with van der Waals surface area (Å²) in [6.07, 6.45) is -4.56. The van der Waals surface area contributed by atoms with Gasteiger partial charge in [-0.25, -0.2) is 4.79 Å². The average molecular weight is 426 g/mol. The molecule has 0 aliphatic carbocycles. The second-order valence-electron chi connectivity index (χ2n) is 7.88. The van der Waals surface area contributed by atoms with E-state index in [1.807, 2.05) is 0 Å². The normalized spacial score (nSPS) is 17.1. The van der Waals surface area contributed by atoms with E-state index < -0.39 is 23.8 Å². The van der Waals surface area contributed by atoms with Gasteiger partial charge in [-0.1, -0.05) is 17.3 Å². The summed E-state index contributed by atoms with van der Waals surface area (Å²) >= 11 is 0. The number of hydrogen-bond donors (Lipinski definition) is 1. The van der Waals surface area contributed by atoms with Crippen LogP contribution in [0.3, 0.4) is 0 Å². The Labute approximate surface area is 170 Å². The van der Waals surface area contributed by atoms with Gasteiger partial charge in [0.15, 0.2) is 0 Å². The fourth-order valence-corrected chi connectivity index (χ4v) is 2.87. The van der Waals surface area contributed by atoms with Crippen molar-refractivity contribution in [2.45, 2.75) is 45.0 Å². The molecule has 162 valence electrons. The zero-order valence-corrected chi connectivity index (χ0v) is 16.6. The molecule has 0 spiro atoms. The number of amides is 2. The van der Waals surface area contributed by atoms with Crippen molar-refractivity contribution in [3.8, 4) is 11.4 Å². The van der Waals surface area contributed by atoms with Crippen molar-refractivity contribution >= 4 is 12.0 Å². The Balaban J connectivity index is 1.58. The van der Waals surface area contributed by atoms with E-state index in [0.717, 1.165) is 0 Å². The number of halogens is 3. The first-order chi connectivity index (χ1) is 13.9. The Kier molecular flexibility index (Phi) is 5.73. The maximum atomic E-state index is 12.6. The fourth-order valence-electron chi connectivity index (χ4n) is 2.87. The van der Waals surface area contributed by atoms with Gasteiger partial charge in [-0.2, -0.15) is 18.2 Å². The lowest BCUT2D eigenvalue weighted by atomic mass is 10.1. The number of alkyl halides is 3. The first-order valence-corrected chi connectivity index (χ1v) is 9.22. The van der Waals surface area contributed by atoms with Gasteiger partial charge in [-0.3, -0.25) is 4.79 Å². The minimum atomic E-state index is -4.72. The molecular weight excluding hydrogens is 405 g/mol. The summed E-state index contributed by atoms with van der Waals surface area (Å²) in [5.74, 6) is -2.02. The van der Waals surface area contributed by atoms with Crippen LogP contribution in [0.4, 0.5) is 18.0 Å². The Bertz CT molecular complexity index is 919. The molecule has 8 nitrogen and oxygen atoms in total. The van der Waals surface area contributed by atoms with Gasteiger partial charge in [0, 0.05) is 30.3 Å². The molecule has 1 aromatic heterocycles. The highest BCUT2D eigenvalue weighted by Gasteiger charge is 2.38. The van der Waals surface area contributed by atoms with Gasteiger partial charge in [0.2, 0.25) is 5.82 Å². The van der Waals surface area contributed by atoms with E-state index in [0.29, 0.717) is 25.1 Å². The van der Waals surface area contributed by atoms with Crippen LogP contribution in [0.1, 0.15) is 43.4 Å². The van der Waals surface area contributed by atoms with E-state index in [-0.39, 0.29) is 23.3 Å². The number of ether oxygens (including phenoxy) is 1. The molecule has 1 unspecified atom stereocenters. The molecule has 1 fully saturated rings. The van der Waals surface area contributed by atoms with E-state index >= 15 is 0 Å². The van der Waals surface area contributed by atoms with Crippen molar-refractivity contribution in [3.05, 3.63) is 35.7 Å². The summed E-state index contributed by atoms with van der Waals surface area (Å²) in [6, 6.07) is 5.55. The van der Waals surface area contributed by atoms with Crippen LogP contribution in [0.5, 0.6) is 0 Å². The zero-order chi connectivity index (χ0) is 22.1. The number of hydrogen-bond acceptors (Lipinski definition) is 6. The Morgan fingerprint density at radius 2 is 1.87 bits per heavy atom. The molecule has 1 saturated heterocycles. The van der Waals surface area contributed by atoms with Gasteiger partial charge in [0.1, 0.15) is 5.60 Å². The van der Waals surface area contributed by atoms with Crippen LogP contribution in [-0.4, -0.2) is 51.8 Å². The standard InChI is InChI=1S/C19H21F3N4O4/c1-18(2,3)29-17(28)26-9-8-13(10-26)23-15(27)12-6-4-11(5-7-12)14-24-16(30-25-14)19(20,21)22/h4-7,13H,8-10H2,1-3H3,(H,23,27). The molecule has 2 aromatic rings. The molecule has 3 rings (SSSR count). The average Bonchev–Trinajstić information content (AvgIpc) is 3.30. The van der Waals surface area contributed by atoms with Crippen LogP contribution < -0.4 is 5.32 Å². The first-order valence-electron chi connectivity index (χ1n) is 9.22. The second-order valence-corrected chi connectivity index (χ2v) is 7.88. The quantitative estimate of drug-likeness (QED) is 0.807. The van der Waals surface area contributed by atoms with Crippen LogP contribution in [0.25, 0.3) is 11.4 Å². The summed E-state index contributed by atoms with van der Waals surface area (Å²) in [6.45, 7) is 6.15. The smallest absolute Gasteiger partial charge is 0.444 e. The summed E-state index contributed by atoms with van der Waals surface area (Å²) < 4.78 is 47.2. The summed E-state index contributed by atoms with van der Waals surface area (Å²) in [5.41, 5.74) is -0.00326. The number of rotatable bonds is 3. The van der Waals surface area contributed by atoms with E-state index in [4.69, 9.17) is 4.74 Å². The predicted molar refractivity (Wildman–Crippen MR) is 98.4 cm³/mol. The highest BCUT2D eigenvalue weighted by Crippen LogP contribution is 2.29. The highest BCUT2D eigenvalue weighted by molar-refractivity contribution is 5.94. The SMILES string of the molecule is CC(C)(C)OC(=O)N1CCC(NC(=O)c2ccc(-c3noc(C(F)(F)F)n3)cc2)C1. The molecule has 2 amide bonds. The number of likely N-dealkylation sites (tertiary alicyclic amines) is 1. The predicted octanol–water partition coefficient (Wildman–Crippen LogP) is 3.49. The molecule has 2 heterocycles. The lowest BCUT2D eigenvalue weighted by Gasteiger charge is -2.24. The fraction of sp³-hybridized carbons (Fsp3) is 0.474. The number of carbonyl (C=O) groups excluding carboxylic acids is 2. The molecule has 1 N–H and O–H groups in total. The lowest BCUT2D eigenvalue weighted by molar-refractivity contribution is -0.159. The maximum absolute atomic E-state index is 12.6. The van der Waals surface area contributed by atoms with Crippen LogP contribution in [-0.2, 0) is 10.9 Å². The van der Waals surface area contributed by atoms with E-state index in [9.17, 15) is 22.8 Å². The molecule has 1 aliphatic heterocycles. The van der Waals surface area contributed by atoms with Gasteiger partial charge < -0.3 is 19.5 Å². The van der Waals surface area contributed by atoms with Gasteiger partial charge in [-0.15, -0.1) is 0 Å². The molecule has 1 atom stereocenters. The number of nitrogens with zero attached hydrogens (tertiary/aromatic N) is 3. The third-order valence-corrected chi connectivity index (χ3v) is 4.25. The molecule has 0 bridgehead atoms. The van der Waals surface area contributed by atoms with Gasteiger partial charge in [0.05, 0.1) is 0 Å². The van der Waals surface area contributed by atoms with Gasteiger partial charge in [-0.05, 0) is 39.3 Å². The monoisotopic (exact) mass is 426 g/mol. The zero-order valence-electron chi connectivity index (χ0n) is 16.6. The van der Waals surface area contributed by atoms with E-state index in [1.54, 1.807) is 20.8 Å². The van der Waals surface area contributed by atoms with E-state index in [2.05, 4.69) is 20.0 Å². The van der Waals surface area contributed by atoms with Crippen LogP contribution in [0.15, 0.2) is 28.8 Å². The van der Waals surface area contributed by atoms with Crippen LogP contribution >= 0.6 is 0 Å². The summed E-state index contributed by atoms with van der Waals surface area (Å²) in [4.78, 5) is 29.4. The Morgan fingerprint density at radius 3 is 2.43 bits per heavy atom. The molecule has 11 heteroatoms. The van der Waals surface area contributed by atoms with Crippen molar-refractivity contribution in [2.24, 2.45) is 0 Å². The maximum Gasteiger partial charge on any atom is 0.471 e. The molecule has 0 saturated carbocycles. The van der Waals surface area contributed by atoms with Gasteiger partial charge in [0.25, 0.3) is 5.91 Å². The summed E-state index contributed by atoms with van der Waals surface area (Å²) in [5, 5.41) is 6.14. The van der Waals surface area contributed by atoms with Crippen LogP contribution in [0, 0.1) is 0 Å². The van der Waals surface area contributed by atoms with Crippen molar-refractivity contribution in [3.63, 3.8) is 0 Å². The van der Waals surface area contributed by atoms with Crippen molar-refractivity contribution in [1.82, 2.24) is 20.4 Å². The molecular formula is C19H21F3N4O4. The van der Waals surface area contributed by atoms with Crippen molar-refractivity contribution < 1.29 is 32.0 Å². The Hall–Kier alpha value is -3.11. The molecule has 0 radical (unpaired) electrons. The molecule has 1 aliphatic rings. The minimum Gasteiger partial charge on any atom is -0.444 e. The second kappa shape index (κ2) is 7.96. The largest absolute Gasteiger partial charge is 0.471 e. The number of benzene rings is 1. The molecule has 30 heavy (non-hydrogen) atoms. The number of aromatic nitrogens is 2. The summed E-state index contributed by atoms with van der Waals surface area (Å²) in [7, 11) is 0. The first kappa shape index (κ1) is 21.6. The number of nitrogens with one attached hydrogen (secondary N) is 1. The van der Waals surface area contributed by atoms with Gasteiger partial charge >= 0.3 is 18.2 Å².